The first-order valence-electron chi connectivity index (χ1n) is 9.17. The van der Waals surface area contributed by atoms with Crippen LogP contribution in [0.2, 0.25) is 5.02 Å². The van der Waals surface area contributed by atoms with Gasteiger partial charge in [0.15, 0.2) is 18.1 Å². The number of benzene rings is 2. The number of ether oxygens (including phenoxy) is 4. The van der Waals surface area contributed by atoms with Crippen molar-refractivity contribution in [1.82, 2.24) is 5.32 Å². The number of halogens is 1. The molecule has 0 saturated carbocycles. The molecule has 0 atom stereocenters. The summed E-state index contributed by atoms with van der Waals surface area (Å²) in [6.07, 6.45) is 0. The maximum atomic E-state index is 12.2. The fourth-order valence-electron chi connectivity index (χ4n) is 2.81. The van der Waals surface area contributed by atoms with E-state index < -0.39 is 18.5 Å². The number of hydrogen-bond acceptors (Lipinski definition) is 6. The Bertz CT molecular complexity index is 914. The van der Waals surface area contributed by atoms with Crippen molar-refractivity contribution < 1.29 is 28.5 Å². The highest BCUT2D eigenvalue weighted by Gasteiger charge is 2.20. The molecule has 3 rings (SSSR count). The van der Waals surface area contributed by atoms with Gasteiger partial charge in [0.1, 0.15) is 25.6 Å². The first-order chi connectivity index (χ1) is 13.9. The minimum Gasteiger partial charge on any atom is -0.491 e. The number of hydrogen-bond donors (Lipinski definition) is 1. The van der Waals surface area contributed by atoms with Crippen LogP contribution in [0, 0.1) is 13.8 Å². The molecule has 1 N–H and O–H groups in total. The molecule has 0 bridgehead atoms. The van der Waals surface area contributed by atoms with Gasteiger partial charge in [-0.3, -0.25) is 4.79 Å². The molecule has 2 aromatic carbocycles. The van der Waals surface area contributed by atoms with Crippen molar-refractivity contribution in [2.75, 3.05) is 33.0 Å². The lowest BCUT2D eigenvalue weighted by Crippen LogP contribution is -2.32. The predicted octanol–water partition coefficient (Wildman–Crippen LogP) is 3.08. The fourth-order valence-corrected chi connectivity index (χ4v) is 3.07. The predicted molar refractivity (Wildman–Crippen MR) is 107 cm³/mol. The number of fused-ring (bicyclic) bond motifs is 1. The molecule has 8 heteroatoms. The zero-order valence-corrected chi connectivity index (χ0v) is 17.0. The Morgan fingerprint density at radius 3 is 2.72 bits per heavy atom. The zero-order chi connectivity index (χ0) is 20.8. The maximum absolute atomic E-state index is 12.2. The van der Waals surface area contributed by atoms with E-state index in [4.69, 9.17) is 30.5 Å². The van der Waals surface area contributed by atoms with Gasteiger partial charge in [-0.05, 0) is 37.6 Å². The topological polar surface area (TPSA) is 83.1 Å². The summed E-state index contributed by atoms with van der Waals surface area (Å²) >= 11 is 6.10. The van der Waals surface area contributed by atoms with Crippen LogP contribution in [0.4, 0.5) is 0 Å². The van der Waals surface area contributed by atoms with Gasteiger partial charge in [0.05, 0.1) is 17.1 Å². The van der Waals surface area contributed by atoms with Crippen molar-refractivity contribution >= 4 is 23.5 Å². The van der Waals surface area contributed by atoms with Crippen molar-refractivity contribution in [2.45, 2.75) is 13.8 Å². The van der Waals surface area contributed by atoms with Crippen LogP contribution >= 0.6 is 11.6 Å². The second-order valence-electron chi connectivity index (χ2n) is 6.53. The molecule has 0 saturated heterocycles. The van der Waals surface area contributed by atoms with Crippen LogP contribution in [-0.4, -0.2) is 44.8 Å². The molecule has 154 valence electrons. The van der Waals surface area contributed by atoms with E-state index in [1.54, 1.807) is 0 Å². The van der Waals surface area contributed by atoms with Crippen molar-refractivity contribution in [3.63, 3.8) is 0 Å². The maximum Gasteiger partial charge on any atom is 0.338 e. The number of nitrogens with one attached hydrogen (secondary N) is 1. The van der Waals surface area contributed by atoms with Crippen LogP contribution in [0.1, 0.15) is 21.5 Å². The van der Waals surface area contributed by atoms with Crippen molar-refractivity contribution in [2.24, 2.45) is 0 Å². The largest absolute Gasteiger partial charge is 0.491 e. The molecule has 29 heavy (non-hydrogen) atoms. The first-order valence-corrected chi connectivity index (χ1v) is 9.55. The average Bonchev–Trinajstić information content (AvgIpc) is 2.70. The minimum absolute atomic E-state index is 0.185. The molecule has 0 aliphatic carbocycles. The number of carbonyl (C=O) groups is 2. The van der Waals surface area contributed by atoms with Crippen molar-refractivity contribution in [3.05, 3.63) is 52.0 Å². The van der Waals surface area contributed by atoms with Crippen LogP contribution in [-0.2, 0) is 9.53 Å². The van der Waals surface area contributed by atoms with Crippen LogP contribution in [0.15, 0.2) is 30.3 Å². The van der Waals surface area contributed by atoms with Gasteiger partial charge in [-0.2, -0.15) is 0 Å². The third-order valence-corrected chi connectivity index (χ3v) is 4.46. The van der Waals surface area contributed by atoms with E-state index in [1.807, 2.05) is 32.0 Å². The Morgan fingerprint density at radius 1 is 1.14 bits per heavy atom. The molecule has 0 fully saturated rings. The summed E-state index contributed by atoms with van der Waals surface area (Å²) in [5, 5.41) is 2.89. The van der Waals surface area contributed by atoms with Gasteiger partial charge in [0.25, 0.3) is 5.91 Å². The number of aryl methyl sites for hydroxylation is 2. The summed E-state index contributed by atoms with van der Waals surface area (Å²) in [5.41, 5.74) is 2.37. The lowest BCUT2D eigenvalue weighted by atomic mass is 10.1. The van der Waals surface area contributed by atoms with Gasteiger partial charge in [-0.15, -0.1) is 0 Å². The Hall–Kier alpha value is -2.93. The SMILES string of the molecule is Cc1ccc(OCCNC(=O)COC(=O)c2cc(Cl)c3c(c2)OCCO3)c(C)c1. The summed E-state index contributed by atoms with van der Waals surface area (Å²) in [6, 6.07) is 8.79. The van der Waals surface area contributed by atoms with Gasteiger partial charge in [-0.25, -0.2) is 4.79 Å². The normalized spacial score (nSPS) is 12.2. The van der Waals surface area contributed by atoms with E-state index in [9.17, 15) is 9.59 Å². The minimum atomic E-state index is -0.675. The monoisotopic (exact) mass is 419 g/mol. The highest BCUT2D eigenvalue weighted by Crippen LogP contribution is 2.38. The third-order valence-electron chi connectivity index (χ3n) is 4.18. The van der Waals surface area contributed by atoms with Gasteiger partial charge >= 0.3 is 5.97 Å². The van der Waals surface area contributed by atoms with Crippen LogP contribution in [0.25, 0.3) is 0 Å². The Kier molecular flexibility index (Phi) is 6.82. The molecular weight excluding hydrogens is 398 g/mol. The molecule has 7 nitrogen and oxygen atoms in total. The number of esters is 1. The molecule has 1 amide bonds. The van der Waals surface area contributed by atoms with Gasteiger partial charge < -0.3 is 24.3 Å². The zero-order valence-electron chi connectivity index (χ0n) is 16.2. The Morgan fingerprint density at radius 2 is 1.93 bits per heavy atom. The summed E-state index contributed by atoms with van der Waals surface area (Å²) < 4.78 is 21.5. The first kappa shape index (κ1) is 20.8. The van der Waals surface area contributed by atoms with Gasteiger partial charge in [0.2, 0.25) is 0 Å². The van der Waals surface area contributed by atoms with Crippen molar-refractivity contribution in [1.29, 1.82) is 0 Å². The molecular formula is C21H22ClNO6. The second kappa shape index (κ2) is 9.52. The van der Waals surface area contributed by atoms with E-state index in [-0.39, 0.29) is 10.6 Å². The summed E-state index contributed by atoms with van der Waals surface area (Å²) in [5.74, 6) is 0.447. The average molecular weight is 420 g/mol. The number of rotatable bonds is 7. The van der Waals surface area contributed by atoms with Crippen LogP contribution < -0.4 is 19.5 Å². The smallest absolute Gasteiger partial charge is 0.338 e. The molecule has 1 heterocycles. The molecule has 0 spiro atoms. The number of carbonyl (C=O) groups excluding carboxylic acids is 2. The van der Waals surface area contributed by atoms with Crippen LogP contribution in [0.3, 0.4) is 0 Å². The molecule has 0 unspecified atom stereocenters. The molecule has 2 aromatic rings. The quantitative estimate of drug-likeness (QED) is 0.548. The van der Waals surface area contributed by atoms with Crippen molar-refractivity contribution in [3.8, 4) is 17.2 Å². The summed E-state index contributed by atoms with van der Waals surface area (Å²) in [7, 11) is 0. The second-order valence-corrected chi connectivity index (χ2v) is 6.93. The fraction of sp³-hybridized carbons (Fsp3) is 0.333. The Labute approximate surface area is 173 Å². The molecule has 0 radical (unpaired) electrons. The lowest BCUT2D eigenvalue weighted by molar-refractivity contribution is -0.124. The summed E-state index contributed by atoms with van der Waals surface area (Å²) in [6.45, 7) is 4.93. The van der Waals surface area contributed by atoms with E-state index in [0.717, 1.165) is 16.9 Å². The van der Waals surface area contributed by atoms with E-state index >= 15 is 0 Å². The highest BCUT2D eigenvalue weighted by molar-refractivity contribution is 6.32. The van der Waals surface area contributed by atoms with E-state index in [2.05, 4.69) is 5.32 Å². The van der Waals surface area contributed by atoms with Gasteiger partial charge in [0, 0.05) is 0 Å². The number of amides is 1. The molecule has 0 aromatic heterocycles. The standard InChI is InChI=1S/C21H22ClNO6/c1-13-3-4-17(14(2)9-13)26-6-5-23-19(24)12-29-21(25)15-10-16(22)20-18(11-15)27-7-8-28-20/h3-4,9-11H,5-8,12H2,1-2H3,(H,23,24). The molecule has 1 aliphatic heterocycles. The highest BCUT2D eigenvalue weighted by atomic mass is 35.5. The lowest BCUT2D eigenvalue weighted by Gasteiger charge is -2.19. The molecule has 1 aliphatic rings. The third kappa shape index (κ3) is 5.54. The summed E-state index contributed by atoms with van der Waals surface area (Å²) in [4.78, 5) is 24.1. The Balaban J connectivity index is 1.42. The van der Waals surface area contributed by atoms with Crippen LogP contribution in [0.5, 0.6) is 17.2 Å². The van der Waals surface area contributed by atoms with E-state index in [1.165, 1.54) is 12.1 Å². The van der Waals surface area contributed by atoms with Gasteiger partial charge in [-0.1, -0.05) is 29.3 Å². The van der Waals surface area contributed by atoms with E-state index in [0.29, 0.717) is 37.9 Å².